The van der Waals surface area contributed by atoms with E-state index >= 15 is 0 Å². The number of carbonyl (C=O) groups is 2. The van der Waals surface area contributed by atoms with Gasteiger partial charge in [0.1, 0.15) is 6.04 Å². The maximum Gasteiger partial charge on any atom is 0.243 e. The zero-order chi connectivity index (χ0) is 18.5. The summed E-state index contributed by atoms with van der Waals surface area (Å²) in [7, 11) is 0. The van der Waals surface area contributed by atoms with Crippen molar-refractivity contribution >= 4 is 11.8 Å². The molecule has 0 aromatic heterocycles. The molecule has 26 heavy (non-hydrogen) atoms. The van der Waals surface area contributed by atoms with Gasteiger partial charge in [-0.1, -0.05) is 31.4 Å². The minimum atomic E-state index is -0.482. The van der Waals surface area contributed by atoms with Gasteiger partial charge in [-0.15, -0.1) is 0 Å². The topological polar surface area (TPSA) is 99.2 Å². The highest BCUT2D eigenvalue weighted by Gasteiger charge is 2.41. The van der Waals surface area contributed by atoms with Crippen molar-refractivity contribution in [1.29, 1.82) is 5.26 Å². The number of nitriles is 1. The summed E-state index contributed by atoms with van der Waals surface area (Å²) >= 11 is 0. The third-order valence-corrected chi connectivity index (χ3v) is 5.60. The molecule has 1 aromatic rings. The number of hydrogen-bond donors (Lipinski definition) is 2. The van der Waals surface area contributed by atoms with Crippen LogP contribution in [0.25, 0.3) is 0 Å². The van der Waals surface area contributed by atoms with E-state index < -0.39 is 12.1 Å². The lowest BCUT2D eigenvalue weighted by molar-refractivity contribution is -0.149. The Morgan fingerprint density at radius 1 is 1.19 bits per heavy atom. The van der Waals surface area contributed by atoms with Gasteiger partial charge in [-0.2, -0.15) is 5.26 Å². The van der Waals surface area contributed by atoms with Gasteiger partial charge in [-0.25, -0.2) is 0 Å². The van der Waals surface area contributed by atoms with E-state index in [9.17, 15) is 9.59 Å². The van der Waals surface area contributed by atoms with Crippen molar-refractivity contribution in [2.45, 2.75) is 57.2 Å². The van der Waals surface area contributed by atoms with E-state index in [0.29, 0.717) is 25.1 Å². The van der Waals surface area contributed by atoms with Crippen molar-refractivity contribution < 1.29 is 9.59 Å². The van der Waals surface area contributed by atoms with Gasteiger partial charge >= 0.3 is 0 Å². The number of nitrogens with zero attached hydrogens (tertiary/aromatic N) is 2. The van der Waals surface area contributed by atoms with Crippen molar-refractivity contribution in [1.82, 2.24) is 10.2 Å². The van der Waals surface area contributed by atoms with Crippen LogP contribution in [0.4, 0.5) is 0 Å². The second-order valence-corrected chi connectivity index (χ2v) is 7.29. The summed E-state index contributed by atoms with van der Waals surface area (Å²) in [6, 6.07) is 8.27. The first kappa shape index (κ1) is 18.4. The van der Waals surface area contributed by atoms with E-state index in [1.165, 1.54) is 6.42 Å². The van der Waals surface area contributed by atoms with Crippen molar-refractivity contribution in [3.63, 3.8) is 0 Å². The van der Waals surface area contributed by atoms with Crippen LogP contribution in [0.3, 0.4) is 0 Å². The third-order valence-electron chi connectivity index (χ3n) is 5.60. The first-order valence-corrected chi connectivity index (χ1v) is 9.43. The van der Waals surface area contributed by atoms with Crippen LogP contribution in [-0.4, -0.2) is 35.3 Å². The lowest BCUT2D eigenvalue weighted by Crippen LogP contribution is -2.62. The molecule has 0 spiro atoms. The summed E-state index contributed by atoms with van der Waals surface area (Å²) in [5.41, 5.74) is 7.72. The van der Waals surface area contributed by atoms with E-state index in [1.54, 1.807) is 17.0 Å². The maximum atomic E-state index is 12.7. The normalized spacial score (nSPS) is 21.4. The molecule has 1 aromatic carbocycles. The van der Waals surface area contributed by atoms with Crippen LogP contribution in [0.1, 0.15) is 49.7 Å². The minimum absolute atomic E-state index is 0.0818. The van der Waals surface area contributed by atoms with Gasteiger partial charge in [0, 0.05) is 13.1 Å². The molecular weight excluding hydrogens is 328 g/mol. The molecule has 1 saturated heterocycles. The first-order valence-electron chi connectivity index (χ1n) is 9.43. The molecule has 3 rings (SSSR count). The summed E-state index contributed by atoms with van der Waals surface area (Å²) in [6.45, 7) is 0.992. The molecule has 138 valence electrons. The number of likely N-dealkylation sites (tertiary alicyclic amines) is 1. The van der Waals surface area contributed by atoms with Crippen molar-refractivity contribution in [3.05, 3.63) is 35.4 Å². The molecule has 1 unspecified atom stereocenters. The van der Waals surface area contributed by atoms with Crippen LogP contribution in [0.2, 0.25) is 0 Å². The fourth-order valence-corrected chi connectivity index (χ4v) is 3.81. The molecule has 2 fully saturated rings. The highest BCUT2D eigenvalue weighted by atomic mass is 16.2. The zero-order valence-electron chi connectivity index (χ0n) is 15.0. The third kappa shape index (κ3) is 4.05. The molecule has 0 radical (unpaired) electrons. The Labute approximate surface area is 154 Å². The number of benzene rings is 1. The van der Waals surface area contributed by atoms with E-state index in [4.69, 9.17) is 11.0 Å². The molecule has 1 aliphatic heterocycles. The Morgan fingerprint density at radius 2 is 1.88 bits per heavy atom. The van der Waals surface area contributed by atoms with Crippen LogP contribution in [0.5, 0.6) is 0 Å². The van der Waals surface area contributed by atoms with E-state index in [1.807, 2.05) is 12.1 Å². The molecule has 2 atom stereocenters. The first-order chi connectivity index (χ1) is 12.6. The average molecular weight is 354 g/mol. The van der Waals surface area contributed by atoms with Gasteiger partial charge in [0.15, 0.2) is 0 Å². The SMILES string of the molecule is N#Cc1ccc(CNC(=O)C2CCN2C(=O)[C@H](N)C2CCCCC2)cc1. The van der Waals surface area contributed by atoms with Gasteiger partial charge in [0.05, 0.1) is 17.7 Å². The monoisotopic (exact) mass is 354 g/mol. The van der Waals surface area contributed by atoms with Gasteiger partial charge in [0.25, 0.3) is 0 Å². The number of hydrogen-bond acceptors (Lipinski definition) is 4. The Bertz CT molecular complexity index is 689. The molecule has 1 aliphatic carbocycles. The van der Waals surface area contributed by atoms with E-state index in [0.717, 1.165) is 31.2 Å². The van der Waals surface area contributed by atoms with Gasteiger partial charge in [-0.05, 0) is 42.9 Å². The summed E-state index contributed by atoms with van der Waals surface area (Å²) in [4.78, 5) is 26.7. The highest BCUT2D eigenvalue weighted by molar-refractivity contribution is 5.91. The molecule has 1 saturated carbocycles. The number of carbonyl (C=O) groups excluding carboxylic acids is 2. The van der Waals surface area contributed by atoms with Crippen LogP contribution >= 0.6 is 0 Å². The quantitative estimate of drug-likeness (QED) is 0.840. The van der Waals surface area contributed by atoms with Crippen LogP contribution < -0.4 is 11.1 Å². The van der Waals surface area contributed by atoms with Crippen LogP contribution in [0, 0.1) is 17.2 Å². The molecule has 6 heteroatoms. The van der Waals surface area contributed by atoms with Gasteiger partial charge in [0.2, 0.25) is 11.8 Å². The standard InChI is InChI=1S/C20H26N4O2/c21-12-14-6-8-15(9-7-14)13-23-19(25)17-10-11-24(17)20(26)18(22)16-4-2-1-3-5-16/h6-9,16-18H,1-5,10-11,13,22H2,(H,23,25)/t17?,18-/m1/s1. The second-order valence-electron chi connectivity index (χ2n) is 7.29. The summed E-state index contributed by atoms with van der Waals surface area (Å²) in [6.07, 6.45) is 6.21. The van der Waals surface area contributed by atoms with E-state index in [2.05, 4.69) is 11.4 Å². The average Bonchev–Trinajstić information content (AvgIpc) is 2.66. The summed E-state index contributed by atoms with van der Waals surface area (Å²) < 4.78 is 0. The van der Waals surface area contributed by atoms with Crippen molar-refractivity contribution in [2.24, 2.45) is 11.7 Å². The number of nitrogens with one attached hydrogen (secondary N) is 1. The van der Waals surface area contributed by atoms with Gasteiger partial charge in [-0.3, -0.25) is 9.59 Å². The molecule has 1 heterocycles. The molecule has 2 aliphatic rings. The molecule has 6 nitrogen and oxygen atoms in total. The summed E-state index contributed by atoms with van der Waals surface area (Å²) in [5, 5.41) is 11.7. The smallest absolute Gasteiger partial charge is 0.243 e. The fraction of sp³-hybridized carbons (Fsp3) is 0.550. The maximum absolute atomic E-state index is 12.7. The highest BCUT2D eigenvalue weighted by Crippen LogP contribution is 2.28. The second kappa shape index (κ2) is 8.33. The number of nitrogens with two attached hydrogens (primary N) is 1. The van der Waals surface area contributed by atoms with Crippen LogP contribution in [-0.2, 0) is 16.1 Å². The Kier molecular flexibility index (Phi) is 5.89. The molecule has 2 amide bonds. The van der Waals surface area contributed by atoms with Crippen molar-refractivity contribution in [2.75, 3.05) is 6.54 Å². The predicted molar refractivity (Wildman–Crippen MR) is 97.7 cm³/mol. The fourth-order valence-electron chi connectivity index (χ4n) is 3.81. The lowest BCUT2D eigenvalue weighted by Gasteiger charge is -2.42. The van der Waals surface area contributed by atoms with E-state index in [-0.39, 0.29) is 17.7 Å². The molecule has 0 bridgehead atoms. The largest absolute Gasteiger partial charge is 0.350 e. The Hall–Kier alpha value is -2.39. The van der Waals surface area contributed by atoms with Gasteiger partial charge < -0.3 is 16.0 Å². The number of amides is 2. The zero-order valence-corrected chi connectivity index (χ0v) is 15.0. The lowest BCUT2D eigenvalue weighted by atomic mass is 9.83. The number of rotatable bonds is 5. The Morgan fingerprint density at radius 3 is 2.46 bits per heavy atom. The van der Waals surface area contributed by atoms with Crippen molar-refractivity contribution in [3.8, 4) is 6.07 Å². The minimum Gasteiger partial charge on any atom is -0.350 e. The summed E-state index contributed by atoms with van der Waals surface area (Å²) in [5.74, 6) is 0.0330. The van der Waals surface area contributed by atoms with Crippen LogP contribution in [0.15, 0.2) is 24.3 Å². The predicted octanol–water partition coefficient (Wildman–Crippen LogP) is 1.68. The Balaban J connectivity index is 1.51. The molecule has 3 N–H and O–H groups in total. The molecular formula is C20H26N4O2.